The highest BCUT2D eigenvalue weighted by Gasteiger charge is 2.07. The standard InChI is InChI=1S/C23H28O2S2.C7H8S/c1-26-20-14-10-18(11-15-20)22(24)8-6-4-3-5-7-9-23(25)19-12-16-21(27-2)17-13-19;1-8-7-5-3-2-4-6-7/h10-17H,3-9H2,1-2H3;2-6H,1H3. The third-order valence-corrected chi connectivity index (χ3v) is 7.84. The van der Waals surface area contributed by atoms with Crippen LogP contribution in [-0.2, 0) is 0 Å². The van der Waals surface area contributed by atoms with Crippen molar-refractivity contribution < 1.29 is 9.59 Å². The van der Waals surface area contributed by atoms with Gasteiger partial charge in [0.25, 0.3) is 0 Å². The summed E-state index contributed by atoms with van der Waals surface area (Å²) in [4.78, 5) is 28.0. The summed E-state index contributed by atoms with van der Waals surface area (Å²) in [5.74, 6) is 0.457. The fourth-order valence-electron chi connectivity index (χ4n) is 3.50. The van der Waals surface area contributed by atoms with Crippen LogP contribution in [0.1, 0.15) is 65.7 Å². The van der Waals surface area contributed by atoms with Crippen molar-refractivity contribution in [2.24, 2.45) is 0 Å². The first-order chi connectivity index (χ1) is 17.1. The molecule has 0 aliphatic carbocycles. The summed E-state index contributed by atoms with van der Waals surface area (Å²) in [5, 5.41) is 0. The van der Waals surface area contributed by atoms with Gasteiger partial charge in [-0.1, -0.05) is 61.7 Å². The van der Waals surface area contributed by atoms with Crippen LogP contribution in [0.15, 0.2) is 93.5 Å². The fraction of sp³-hybridized carbons (Fsp3) is 0.333. The van der Waals surface area contributed by atoms with E-state index in [-0.39, 0.29) is 11.6 Å². The summed E-state index contributed by atoms with van der Waals surface area (Å²) < 4.78 is 0. The SMILES string of the molecule is CSc1ccc(C(=O)CCCCCCCC(=O)c2ccc(SC)cc2)cc1.CSc1ccccc1. The first-order valence-electron chi connectivity index (χ1n) is 12.0. The van der Waals surface area contributed by atoms with Crippen molar-refractivity contribution in [1.82, 2.24) is 0 Å². The number of benzene rings is 3. The van der Waals surface area contributed by atoms with Crippen molar-refractivity contribution in [1.29, 1.82) is 0 Å². The van der Waals surface area contributed by atoms with Crippen molar-refractivity contribution in [3.63, 3.8) is 0 Å². The number of hydrogen-bond acceptors (Lipinski definition) is 5. The lowest BCUT2D eigenvalue weighted by Crippen LogP contribution is -1.99. The molecule has 0 atom stereocenters. The Bertz CT molecular complexity index is 937. The molecule has 0 heterocycles. The molecule has 3 aromatic carbocycles. The Labute approximate surface area is 224 Å². The largest absolute Gasteiger partial charge is 0.294 e. The van der Waals surface area contributed by atoms with Gasteiger partial charge in [0.05, 0.1) is 0 Å². The summed E-state index contributed by atoms with van der Waals surface area (Å²) >= 11 is 5.14. The van der Waals surface area contributed by atoms with Crippen LogP contribution in [0.4, 0.5) is 0 Å². The fourth-order valence-corrected chi connectivity index (χ4v) is 4.75. The van der Waals surface area contributed by atoms with E-state index in [1.165, 1.54) is 14.7 Å². The molecule has 5 heteroatoms. The Morgan fingerprint density at radius 1 is 0.486 bits per heavy atom. The van der Waals surface area contributed by atoms with Gasteiger partial charge in [-0.25, -0.2) is 0 Å². The number of thioether (sulfide) groups is 3. The number of Topliss-reactive ketones (excluding diaryl/α,β-unsaturated/α-hetero) is 2. The molecule has 35 heavy (non-hydrogen) atoms. The topological polar surface area (TPSA) is 34.1 Å². The summed E-state index contributed by atoms with van der Waals surface area (Å²) in [5.41, 5.74) is 1.62. The molecule has 0 unspecified atom stereocenters. The number of hydrogen-bond donors (Lipinski definition) is 0. The number of carbonyl (C=O) groups excluding carboxylic acids is 2. The molecule has 3 rings (SSSR count). The minimum Gasteiger partial charge on any atom is -0.294 e. The Hall–Kier alpha value is -1.95. The molecule has 0 saturated heterocycles. The average Bonchev–Trinajstić information content (AvgIpc) is 2.93. The van der Waals surface area contributed by atoms with Crippen LogP contribution in [-0.4, -0.2) is 30.3 Å². The highest BCUT2D eigenvalue weighted by Crippen LogP contribution is 2.18. The van der Waals surface area contributed by atoms with Crippen molar-refractivity contribution in [3.05, 3.63) is 90.0 Å². The zero-order chi connectivity index (χ0) is 25.3. The highest BCUT2D eigenvalue weighted by molar-refractivity contribution is 7.99. The summed E-state index contributed by atoms with van der Waals surface area (Å²) in [6.07, 6.45) is 12.4. The van der Waals surface area contributed by atoms with E-state index in [1.807, 2.05) is 79.2 Å². The van der Waals surface area contributed by atoms with Gasteiger partial charge in [0, 0.05) is 38.7 Å². The maximum absolute atomic E-state index is 12.2. The lowest BCUT2D eigenvalue weighted by atomic mass is 10.0. The molecule has 3 aromatic rings. The van der Waals surface area contributed by atoms with Gasteiger partial charge in [-0.15, -0.1) is 35.3 Å². The predicted molar refractivity (Wildman–Crippen MR) is 156 cm³/mol. The molecule has 0 bridgehead atoms. The van der Waals surface area contributed by atoms with Gasteiger partial charge in [-0.3, -0.25) is 9.59 Å². The Morgan fingerprint density at radius 2 is 0.829 bits per heavy atom. The van der Waals surface area contributed by atoms with Crippen molar-refractivity contribution >= 4 is 46.9 Å². The van der Waals surface area contributed by atoms with Crippen LogP contribution in [0.2, 0.25) is 0 Å². The van der Waals surface area contributed by atoms with Gasteiger partial charge in [0.15, 0.2) is 11.6 Å². The summed E-state index contributed by atoms with van der Waals surface area (Å²) in [7, 11) is 0. The van der Waals surface area contributed by atoms with Gasteiger partial charge in [0.1, 0.15) is 0 Å². The van der Waals surface area contributed by atoms with E-state index in [0.29, 0.717) is 12.8 Å². The van der Waals surface area contributed by atoms with Crippen LogP contribution in [0.25, 0.3) is 0 Å². The van der Waals surface area contributed by atoms with E-state index in [2.05, 4.69) is 18.4 Å². The van der Waals surface area contributed by atoms with E-state index in [4.69, 9.17) is 0 Å². The predicted octanol–water partition coefficient (Wildman–Crippen LogP) is 9.34. The second kappa shape index (κ2) is 17.5. The average molecular weight is 525 g/mol. The molecular weight excluding hydrogens is 489 g/mol. The molecule has 0 fully saturated rings. The van der Waals surface area contributed by atoms with Gasteiger partial charge in [0.2, 0.25) is 0 Å². The zero-order valence-electron chi connectivity index (χ0n) is 21.0. The van der Waals surface area contributed by atoms with Crippen LogP contribution in [0.3, 0.4) is 0 Å². The van der Waals surface area contributed by atoms with E-state index in [1.54, 1.807) is 35.3 Å². The first-order valence-corrected chi connectivity index (χ1v) is 15.7. The van der Waals surface area contributed by atoms with Gasteiger partial charge >= 0.3 is 0 Å². The number of unbranched alkanes of at least 4 members (excludes halogenated alkanes) is 4. The molecular formula is C30H36O2S3. The number of carbonyl (C=O) groups is 2. The molecule has 0 radical (unpaired) electrons. The third-order valence-electron chi connectivity index (χ3n) is 5.61. The Morgan fingerprint density at radius 3 is 1.17 bits per heavy atom. The van der Waals surface area contributed by atoms with E-state index >= 15 is 0 Å². The van der Waals surface area contributed by atoms with E-state index < -0.39 is 0 Å². The minimum absolute atomic E-state index is 0.228. The quantitative estimate of drug-likeness (QED) is 0.126. The molecule has 0 saturated carbocycles. The van der Waals surface area contributed by atoms with Crippen molar-refractivity contribution in [2.45, 2.75) is 59.6 Å². The summed E-state index contributed by atoms with van der Waals surface area (Å²) in [6, 6.07) is 26.0. The molecule has 0 aliphatic heterocycles. The zero-order valence-corrected chi connectivity index (χ0v) is 23.4. The third kappa shape index (κ3) is 11.6. The number of rotatable bonds is 13. The normalized spacial score (nSPS) is 10.4. The number of ketones is 2. The second-order valence-corrected chi connectivity index (χ2v) is 10.7. The highest BCUT2D eigenvalue weighted by atomic mass is 32.2. The lowest BCUT2D eigenvalue weighted by Gasteiger charge is -2.04. The summed E-state index contributed by atoms with van der Waals surface area (Å²) in [6.45, 7) is 0. The van der Waals surface area contributed by atoms with Crippen molar-refractivity contribution in [3.8, 4) is 0 Å². The second-order valence-electron chi connectivity index (χ2n) is 8.09. The molecule has 0 spiro atoms. The first kappa shape index (κ1) is 29.3. The van der Waals surface area contributed by atoms with Gasteiger partial charge in [-0.2, -0.15) is 0 Å². The molecule has 0 aliphatic rings. The molecule has 0 amide bonds. The molecule has 0 aromatic heterocycles. The maximum Gasteiger partial charge on any atom is 0.162 e. The smallest absolute Gasteiger partial charge is 0.162 e. The van der Waals surface area contributed by atoms with Crippen LogP contribution >= 0.6 is 35.3 Å². The van der Waals surface area contributed by atoms with E-state index in [0.717, 1.165) is 43.2 Å². The minimum atomic E-state index is 0.228. The van der Waals surface area contributed by atoms with Crippen molar-refractivity contribution in [2.75, 3.05) is 18.8 Å². The molecule has 2 nitrogen and oxygen atoms in total. The van der Waals surface area contributed by atoms with Crippen LogP contribution < -0.4 is 0 Å². The van der Waals surface area contributed by atoms with E-state index in [9.17, 15) is 9.59 Å². The Balaban J connectivity index is 0.000000456. The monoisotopic (exact) mass is 524 g/mol. The Kier molecular flexibility index (Phi) is 14.6. The van der Waals surface area contributed by atoms with Gasteiger partial charge in [-0.05, 0) is 68.0 Å². The molecule has 0 N–H and O–H groups in total. The van der Waals surface area contributed by atoms with Crippen LogP contribution in [0, 0.1) is 0 Å². The van der Waals surface area contributed by atoms with Crippen LogP contribution in [0.5, 0.6) is 0 Å². The maximum atomic E-state index is 12.2. The molecule has 186 valence electrons. The lowest BCUT2D eigenvalue weighted by molar-refractivity contribution is 0.0973. The van der Waals surface area contributed by atoms with Gasteiger partial charge < -0.3 is 0 Å².